The first kappa shape index (κ1) is 19.2. The van der Waals surface area contributed by atoms with Gasteiger partial charge in [0.15, 0.2) is 0 Å². The van der Waals surface area contributed by atoms with Crippen LogP contribution in [0.3, 0.4) is 0 Å². The minimum Gasteiger partial charge on any atom is -0.376 e. The van der Waals surface area contributed by atoms with Crippen LogP contribution >= 0.6 is 12.4 Å². The molecule has 0 bridgehead atoms. The van der Waals surface area contributed by atoms with Crippen molar-refractivity contribution in [3.05, 3.63) is 35.4 Å². The first-order valence-corrected chi connectivity index (χ1v) is 8.92. The first-order valence-electron chi connectivity index (χ1n) is 8.92. The Morgan fingerprint density at radius 3 is 2.67 bits per heavy atom. The fourth-order valence-corrected chi connectivity index (χ4v) is 3.46. The molecule has 0 spiro atoms. The molecule has 4 nitrogen and oxygen atoms in total. The number of hydrogen-bond acceptors (Lipinski definition) is 3. The summed E-state index contributed by atoms with van der Waals surface area (Å²) in [6.07, 6.45) is 5.39. The van der Waals surface area contributed by atoms with Crippen molar-refractivity contribution < 1.29 is 9.53 Å². The summed E-state index contributed by atoms with van der Waals surface area (Å²) in [7, 11) is 0. The van der Waals surface area contributed by atoms with Crippen molar-refractivity contribution in [2.75, 3.05) is 26.2 Å². The minimum atomic E-state index is 0. The smallest absolute Gasteiger partial charge is 0.239 e. The molecule has 2 saturated heterocycles. The van der Waals surface area contributed by atoms with Crippen LogP contribution < -0.4 is 5.32 Å². The van der Waals surface area contributed by atoms with E-state index in [0.29, 0.717) is 0 Å². The van der Waals surface area contributed by atoms with Crippen LogP contribution in [0.15, 0.2) is 24.3 Å². The van der Waals surface area contributed by atoms with Gasteiger partial charge in [0.1, 0.15) is 0 Å². The van der Waals surface area contributed by atoms with Crippen molar-refractivity contribution in [2.24, 2.45) is 0 Å². The molecule has 24 heavy (non-hydrogen) atoms. The molecule has 3 rings (SSSR count). The third kappa shape index (κ3) is 5.20. The predicted molar refractivity (Wildman–Crippen MR) is 98.7 cm³/mol. The van der Waals surface area contributed by atoms with Gasteiger partial charge in [0, 0.05) is 19.7 Å². The van der Waals surface area contributed by atoms with E-state index in [4.69, 9.17) is 4.74 Å². The second-order valence-corrected chi connectivity index (χ2v) is 6.80. The lowest BCUT2D eigenvalue weighted by atomic mass is 10.1. The lowest BCUT2D eigenvalue weighted by molar-refractivity contribution is -0.134. The van der Waals surface area contributed by atoms with Crippen molar-refractivity contribution in [3.8, 4) is 0 Å². The highest BCUT2D eigenvalue weighted by atomic mass is 35.5. The van der Waals surface area contributed by atoms with Gasteiger partial charge in [-0.3, -0.25) is 4.79 Å². The Morgan fingerprint density at radius 2 is 2.04 bits per heavy atom. The van der Waals surface area contributed by atoms with Crippen molar-refractivity contribution >= 4 is 18.3 Å². The number of nitrogens with one attached hydrogen (secondary N) is 1. The highest BCUT2D eigenvalue weighted by Gasteiger charge is 2.29. The van der Waals surface area contributed by atoms with Crippen molar-refractivity contribution in [3.63, 3.8) is 0 Å². The molecular formula is C19H29ClN2O2. The van der Waals surface area contributed by atoms with Crippen LogP contribution in [-0.4, -0.2) is 49.2 Å². The maximum absolute atomic E-state index is 12.8. The molecule has 2 atom stereocenters. The van der Waals surface area contributed by atoms with Crippen LogP contribution in [0.1, 0.15) is 36.8 Å². The van der Waals surface area contributed by atoms with Gasteiger partial charge in [-0.2, -0.15) is 0 Å². The number of benzene rings is 1. The Morgan fingerprint density at radius 1 is 1.25 bits per heavy atom. The Balaban J connectivity index is 0.00000208. The van der Waals surface area contributed by atoms with E-state index in [1.165, 1.54) is 11.1 Å². The highest BCUT2D eigenvalue weighted by Crippen LogP contribution is 2.16. The summed E-state index contributed by atoms with van der Waals surface area (Å²) in [4.78, 5) is 14.8. The average molecular weight is 353 g/mol. The topological polar surface area (TPSA) is 41.6 Å². The van der Waals surface area contributed by atoms with Gasteiger partial charge in [-0.05, 0) is 51.1 Å². The normalized spacial score (nSPS) is 23.0. The number of carbonyl (C=O) groups excluding carboxylic acids is 1. The van der Waals surface area contributed by atoms with Crippen molar-refractivity contribution in [1.29, 1.82) is 0 Å². The summed E-state index contributed by atoms with van der Waals surface area (Å²) < 4.78 is 5.75. The van der Waals surface area contributed by atoms with E-state index >= 15 is 0 Å². The maximum atomic E-state index is 12.8. The summed E-state index contributed by atoms with van der Waals surface area (Å²) in [5, 5.41) is 3.34. The summed E-state index contributed by atoms with van der Waals surface area (Å²) in [6.45, 7) is 5.42. The molecule has 2 aliphatic rings. The lowest BCUT2D eigenvalue weighted by Crippen LogP contribution is -2.47. The van der Waals surface area contributed by atoms with E-state index in [1.54, 1.807) is 0 Å². The van der Waals surface area contributed by atoms with Crippen LogP contribution in [0, 0.1) is 6.92 Å². The summed E-state index contributed by atoms with van der Waals surface area (Å²) in [6, 6.07) is 8.62. The second kappa shape index (κ2) is 9.40. The number of hydrogen-bond donors (Lipinski definition) is 1. The molecule has 1 aromatic rings. The molecule has 0 aromatic heterocycles. The zero-order chi connectivity index (χ0) is 16.1. The van der Waals surface area contributed by atoms with Crippen LogP contribution in [0.25, 0.3) is 0 Å². The SMILES string of the molecule is Cc1ccc(CCN(CC2CCCO2)C(=O)C2CCCN2)cc1.Cl. The van der Waals surface area contributed by atoms with E-state index < -0.39 is 0 Å². The van der Waals surface area contributed by atoms with Gasteiger partial charge in [-0.15, -0.1) is 12.4 Å². The van der Waals surface area contributed by atoms with Gasteiger partial charge in [0.25, 0.3) is 0 Å². The number of amides is 1. The Labute approximate surface area is 151 Å². The predicted octanol–water partition coefficient (Wildman–Crippen LogP) is 2.72. The van der Waals surface area contributed by atoms with Gasteiger partial charge in [-0.25, -0.2) is 0 Å². The number of carbonyl (C=O) groups is 1. The fraction of sp³-hybridized carbons (Fsp3) is 0.632. The Hall–Kier alpha value is -1.10. The zero-order valence-corrected chi connectivity index (χ0v) is 15.3. The molecule has 2 unspecified atom stereocenters. The van der Waals surface area contributed by atoms with Gasteiger partial charge in [0.2, 0.25) is 5.91 Å². The molecule has 134 valence electrons. The highest BCUT2D eigenvalue weighted by molar-refractivity contribution is 5.85. The molecule has 1 amide bonds. The van der Waals surface area contributed by atoms with Crippen molar-refractivity contribution in [2.45, 2.75) is 51.2 Å². The van der Waals surface area contributed by atoms with Gasteiger partial charge in [-0.1, -0.05) is 29.8 Å². The van der Waals surface area contributed by atoms with Gasteiger partial charge in [0.05, 0.1) is 12.1 Å². The number of nitrogens with zero attached hydrogens (tertiary/aromatic N) is 1. The Bertz CT molecular complexity index is 509. The molecule has 2 heterocycles. The molecule has 1 aromatic carbocycles. The minimum absolute atomic E-state index is 0. The van der Waals surface area contributed by atoms with Crippen LogP contribution in [0.2, 0.25) is 0 Å². The average Bonchev–Trinajstić information content (AvgIpc) is 3.26. The quantitative estimate of drug-likeness (QED) is 0.855. The maximum Gasteiger partial charge on any atom is 0.239 e. The lowest BCUT2D eigenvalue weighted by Gasteiger charge is -2.28. The largest absolute Gasteiger partial charge is 0.376 e. The molecule has 0 radical (unpaired) electrons. The van der Waals surface area contributed by atoms with Gasteiger partial charge >= 0.3 is 0 Å². The van der Waals surface area contributed by atoms with Crippen LogP contribution in [0.4, 0.5) is 0 Å². The van der Waals surface area contributed by atoms with E-state index in [1.807, 2.05) is 4.90 Å². The molecule has 5 heteroatoms. The third-order valence-corrected chi connectivity index (χ3v) is 4.91. The summed E-state index contributed by atoms with van der Waals surface area (Å²) in [5.74, 6) is 0.255. The number of rotatable bonds is 6. The zero-order valence-electron chi connectivity index (χ0n) is 14.5. The second-order valence-electron chi connectivity index (χ2n) is 6.80. The molecule has 2 aliphatic heterocycles. The first-order chi connectivity index (χ1) is 11.2. The molecule has 2 fully saturated rings. The molecule has 0 saturated carbocycles. The van der Waals surface area contributed by atoms with E-state index in [2.05, 4.69) is 36.5 Å². The standard InChI is InChI=1S/C19H28N2O2.ClH/c1-15-6-8-16(9-7-15)10-12-21(14-17-4-3-13-23-17)19(22)18-5-2-11-20-18;/h6-9,17-18,20H,2-5,10-14H2,1H3;1H. The van der Waals surface area contributed by atoms with Gasteiger partial charge < -0.3 is 15.0 Å². The Kier molecular flexibility index (Phi) is 7.53. The summed E-state index contributed by atoms with van der Waals surface area (Å²) >= 11 is 0. The molecular weight excluding hydrogens is 324 g/mol. The number of ether oxygens (including phenoxy) is 1. The third-order valence-electron chi connectivity index (χ3n) is 4.91. The number of aryl methyl sites for hydroxylation is 1. The number of halogens is 1. The van der Waals surface area contributed by atoms with E-state index in [-0.39, 0.29) is 30.5 Å². The summed E-state index contributed by atoms with van der Waals surface area (Å²) in [5.41, 5.74) is 2.57. The monoisotopic (exact) mass is 352 g/mol. The van der Waals surface area contributed by atoms with Crippen molar-refractivity contribution in [1.82, 2.24) is 10.2 Å². The van der Waals surface area contributed by atoms with Crippen LogP contribution in [0.5, 0.6) is 0 Å². The fourth-order valence-electron chi connectivity index (χ4n) is 3.46. The van der Waals surface area contributed by atoms with E-state index in [0.717, 1.165) is 58.3 Å². The molecule has 0 aliphatic carbocycles. The van der Waals surface area contributed by atoms with Crippen LogP contribution in [-0.2, 0) is 16.0 Å². The van der Waals surface area contributed by atoms with E-state index in [9.17, 15) is 4.79 Å². The molecule has 1 N–H and O–H groups in total.